The third kappa shape index (κ3) is 3.17. The first-order chi connectivity index (χ1) is 8.61. The number of hydrogen-bond donors (Lipinski definition) is 1. The van der Waals surface area contributed by atoms with Crippen LogP contribution in [0.25, 0.3) is 0 Å². The average Bonchev–Trinajstić information content (AvgIpc) is 2.37. The topological polar surface area (TPSA) is 92.9 Å². The largest absolute Gasteiger partial charge is 0.504 e. The second kappa shape index (κ2) is 6.55. The Kier molecular flexibility index (Phi) is 5.06. The minimum absolute atomic E-state index is 0.106. The van der Waals surface area contributed by atoms with Crippen LogP contribution in [0.4, 0.5) is 10.5 Å². The molecule has 1 aromatic rings. The molecule has 0 spiro atoms. The van der Waals surface area contributed by atoms with Gasteiger partial charge < -0.3 is 0 Å². The smallest absolute Gasteiger partial charge is 0.274 e. The number of rotatable bonds is 5. The number of aryl methyl sites for hydroxylation is 1. The number of amides is 1. The van der Waals surface area contributed by atoms with E-state index in [0.29, 0.717) is 12.0 Å². The second-order valence-electron chi connectivity index (χ2n) is 3.64. The fraction of sp³-hybridized carbons (Fsp3) is 0.364. The van der Waals surface area contributed by atoms with Crippen LogP contribution < -0.4 is 5.01 Å². The molecule has 0 aromatic heterocycles. The molecular formula is C11H14N2O5. The molecule has 0 saturated heterocycles. The Bertz CT molecular complexity index is 435. The first-order valence-corrected chi connectivity index (χ1v) is 5.49. The van der Waals surface area contributed by atoms with Gasteiger partial charge in [-0.25, -0.2) is 14.9 Å². The SMILES string of the molecule is CCCCc1ccccc1N(C(=O)OO)[N+](=O)[O-]. The Hall–Kier alpha value is -2.15. The molecule has 1 rings (SSSR count). The zero-order valence-corrected chi connectivity index (χ0v) is 9.91. The minimum atomic E-state index is -1.44. The molecule has 7 nitrogen and oxygen atoms in total. The lowest BCUT2D eigenvalue weighted by molar-refractivity contribution is -0.486. The van der Waals surface area contributed by atoms with Crippen LogP contribution in [0.2, 0.25) is 0 Å². The van der Waals surface area contributed by atoms with E-state index < -0.39 is 11.1 Å². The van der Waals surface area contributed by atoms with Crippen molar-refractivity contribution in [3.05, 3.63) is 39.9 Å². The number of anilines is 1. The van der Waals surface area contributed by atoms with E-state index in [1.165, 1.54) is 6.07 Å². The number of unbranched alkanes of at least 4 members (excludes halogenated alkanes) is 1. The van der Waals surface area contributed by atoms with Crippen molar-refractivity contribution in [3.63, 3.8) is 0 Å². The summed E-state index contributed by atoms with van der Waals surface area (Å²) in [6, 6.07) is 6.44. The molecule has 98 valence electrons. The summed E-state index contributed by atoms with van der Waals surface area (Å²) >= 11 is 0. The van der Waals surface area contributed by atoms with Crippen molar-refractivity contribution in [2.24, 2.45) is 0 Å². The van der Waals surface area contributed by atoms with E-state index in [1.807, 2.05) is 6.92 Å². The predicted molar refractivity (Wildman–Crippen MR) is 63.6 cm³/mol. The van der Waals surface area contributed by atoms with Crippen LogP contribution >= 0.6 is 0 Å². The Morgan fingerprint density at radius 3 is 2.72 bits per heavy atom. The van der Waals surface area contributed by atoms with E-state index in [4.69, 9.17) is 5.26 Å². The van der Waals surface area contributed by atoms with Crippen molar-refractivity contribution in [3.8, 4) is 0 Å². The molecule has 0 aliphatic rings. The van der Waals surface area contributed by atoms with Crippen LogP contribution in [0.5, 0.6) is 0 Å². The summed E-state index contributed by atoms with van der Waals surface area (Å²) < 4.78 is 0. The minimum Gasteiger partial charge on any atom is -0.274 e. The standard InChI is InChI=1S/C11H14N2O5/c1-2-3-6-9-7-4-5-8-10(9)12(13(15)16)11(14)18-17/h4-5,7-8,17H,2-3,6H2,1H3. The van der Waals surface area contributed by atoms with Gasteiger partial charge in [-0.1, -0.05) is 31.5 Å². The van der Waals surface area contributed by atoms with Crippen molar-refractivity contribution in [2.45, 2.75) is 26.2 Å². The fourth-order valence-corrected chi connectivity index (χ4v) is 1.59. The van der Waals surface area contributed by atoms with E-state index in [9.17, 15) is 14.9 Å². The molecule has 0 unspecified atom stereocenters. The lowest BCUT2D eigenvalue weighted by atomic mass is 10.1. The first-order valence-electron chi connectivity index (χ1n) is 5.49. The third-order valence-electron chi connectivity index (χ3n) is 2.43. The molecule has 0 aliphatic heterocycles. The van der Waals surface area contributed by atoms with Gasteiger partial charge in [-0.2, -0.15) is 5.26 Å². The molecule has 1 N–H and O–H groups in total. The third-order valence-corrected chi connectivity index (χ3v) is 2.43. The maximum atomic E-state index is 11.2. The number of hydrogen-bond acceptors (Lipinski definition) is 5. The highest BCUT2D eigenvalue weighted by molar-refractivity contribution is 5.85. The highest BCUT2D eigenvalue weighted by Gasteiger charge is 2.30. The van der Waals surface area contributed by atoms with Crippen molar-refractivity contribution in [2.75, 3.05) is 5.01 Å². The summed E-state index contributed by atoms with van der Waals surface area (Å²) in [6.45, 7) is 2.00. The van der Waals surface area contributed by atoms with Gasteiger partial charge in [-0.3, -0.25) is 4.89 Å². The van der Waals surface area contributed by atoms with Crippen LogP contribution in [-0.4, -0.2) is 16.4 Å². The lowest BCUT2D eigenvalue weighted by Gasteiger charge is -2.13. The number of hydrazine groups is 1. The molecule has 0 atom stereocenters. The number of nitro groups is 1. The highest BCUT2D eigenvalue weighted by atomic mass is 17.1. The van der Waals surface area contributed by atoms with Gasteiger partial charge in [0.25, 0.3) is 0 Å². The molecule has 0 saturated carbocycles. The summed E-state index contributed by atoms with van der Waals surface area (Å²) in [4.78, 5) is 25.5. The van der Waals surface area contributed by atoms with Crippen LogP contribution in [0.15, 0.2) is 24.3 Å². The maximum Gasteiger partial charge on any atom is 0.504 e. The number of carbonyl (C=O) groups is 1. The van der Waals surface area contributed by atoms with E-state index in [-0.39, 0.29) is 10.7 Å². The van der Waals surface area contributed by atoms with Gasteiger partial charge in [0.05, 0.1) is 0 Å². The van der Waals surface area contributed by atoms with Crippen molar-refractivity contribution in [1.82, 2.24) is 0 Å². The second-order valence-corrected chi connectivity index (χ2v) is 3.64. The number of benzene rings is 1. The summed E-state index contributed by atoms with van der Waals surface area (Å²) in [7, 11) is 0. The predicted octanol–water partition coefficient (Wildman–Crippen LogP) is 2.64. The molecular weight excluding hydrogens is 240 g/mol. The van der Waals surface area contributed by atoms with Gasteiger partial charge in [0, 0.05) is 5.01 Å². The summed E-state index contributed by atoms with van der Waals surface area (Å²) in [5.74, 6) is 0. The van der Waals surface area contributed by atoms with Crippen LogP contribution in [-0.2, 0) is 11.3 Å². The molecule has 1 amide bonds. The molecule has 0 aliphatic carbocycles. The van der Waals surface area contributed by atoms with Crippen molar-refractivity contribution in [1.29, 1.82) is 0 Å². The lowest BCUT2D eigenvalue weighted by Crippen LogP contribution is -2.37. The van der Waals surface area contributed by atoms with Crippen LogP contribution in [0.1, 0.15) is 25.3 Å². The van der Waals surface area contributed by atoms with E-state index in [0.717, 1.165) is 12.8 Å². The summed E-state index contributed by atoms with van der Waals surface area (Å²) in [5, 5.41) is 18.4. The number of para-hydroxylation sites is 1. The molecule has 0 fully saturated rings. The van der Waals surface area contributed by atoms with E-state index in [2.05, 4.69) is 4.89 Å². The Labute approximate surface area is 104 Å². The highest BCUT2D eigenvalue weighted by Crippen LogP contribution is 2.23. The quantitative estimate of drug-likeness (QED) is 0.495. The zero-order valence-electron chi connectivity index (χ0n) is 9.91. The molecule has 0 bridgehead atoms. The molecule has 7 heteroatoms. The summed E-state index contributed by atoms with van der Waals surface area (Å²) in [6.07, 6.45) is 0.938. The maximum absolute atomic E-state index is 11.2. The monoisotopic (exact) mass is 254 g/mol. The Morgan fingerprint density at radius 2 is 2.17 bits per heavy atom. The molecule has 18 heavy (non-hydrogen) atoms. The van der Waals surface area contributed by atoms with Gasteiger partial charge in [0.15, 0.2) is 5.03 Å². The van der Waals surface area contributed by atoms with Gasteiger partial charge in [-0.05, 0) is 24.5 Å². The fourth-order valence-electron chi connectivity index (χ4n) is 1.59. The van der Waals surface area contributed by atoms with Gasteiger partial charge in [-0.15, -0.1) is 0 Å². The Morgan fingerprint density at radius 1 is 1.50 bits per heavy atom. The molecule has 0 heterocycles. The average molecular weight is 254 g/mol. The van der Waals surface area contributed by atoms with Crippen molar-refractivity contribution >= 4 is 11.8 Å². The van der Waals surface area contributed by atoms with E-state index >= 15 is 0 Å². The molecule has 0 radical (unpaired) electrons. The van der Waals surface area contributed by atoms with Gasteiger partial charge in [0.1, 0.15) is 5.69 Å². The first kappa shape index (κ1) is 13.9. The van der Waals surface area contributed by atoms with Gasteiger partial charge >= 0.3 is 6.09 Å². The van der Waals surface area contributed by atoms with Crippen LogP contribution in [0.3, 0.4) is 0 Å². The van der Waals surface area contributed by atoms with E-state index in [1.54, 1.807) is 18.2 Å². The molecule has 1 aromatic carbocycles. The normalized spacial score (nSPS) is 9.89. The van der Waals surface area contributed by atoms with Gasteiger partial charge in [0.2, 0.25) is 0 Å². The van der Waals surface area contributed by atoms with Crippen molar-refractivity contribution < 1.29 is 20.0 Å². The number of nitrogens with zero attached hydrogens (tertiary/aromatic N) is 2. The zero-order chi connectivity index (χ0) is 13.5. The van der Waals surface area contributed by atoms with Crippen LogP contribution in [0, 0.1) is 10.1 Å². The summed E-state index contributed by atoms with van der Waals surface area (Å²) in [5.41, 5.74) is 0.761. The Balaban J connectivity index is 3.11. The number of carbonyl (C=O) groups excluding carboxylic acids is 1.